The normalized spacial score (nSPS) is 26.8. The van der Waals surface area contributed by atoms with Crippen molar-refractivity contribution in [1.82, 2.24) is 20.9 Å². The second-order valence-corrected chi connectivity index (χ2v) is 14.2. The van der Waals surface area contributed by atoms with Crippen LogP contribution in [0.25, 0.3) is 0 Å². The summed E-state index contributed by atoms with van der Waals surface area (Å²) in [6.45, 7) is 15.5. The molecule has 0 bridgehead atoms. The standard InChI is InChI=1S/C32H54N4O6/c1-21(2)18-25-27(37)33-24-11-17-41-20-23(24)10-8-9-12-32(29(39)34-25)13-15-36(16-14-32)28(38)26(19-22(3)4)35-30(40)42-31(5,6)7/h8-9,21-26H,10-20H2,1-7H3,(H,33,37)(H,34,39)(H,35,40)/b9-8+/t23-,24+,25-,26-/m0/s1. The molecule has 4 atom stereocenters. The predicted molar refractivity (Wildman–Crippen MR) is 161 cm³/mol. The molecular formula is C32H54N4O6. The summed E-state index contributed by atoms with van der Waals surface area (Å²) < 4.78 is 11.1. The number of ether oxygens (including phenoxy) is 2. The lowest BCUT2D eigenvalue weighted by molar-refractivity contribution is -0.143. The van der Waals surface area contributed by atoms with Crippen LogP contribution in [-0.2, 0) is 23.9 Å². The number of hydrogen-bond acceptors (Lipinski definition) is 6. The van der Waals surface area contributed by atoms with Crippen molar-refractivity contribution in [3.05, 3.63) is 12.2 Å². The van der Waals surface area contributed by atoms with Gasteiger partial charge in [0.25, 0.3) is 0 Å². The highest BCUT2D eigenvalue weighted by Gasteiger charge is 2.44. The molecule has 0 radical (unpaired) electrons. The van der Waals surface area contributed by atoms with E-state index in [0.717, 1.165) is 12.8 Å². The molecule has 3 N–H and O–H groups in total. The second-order valence-electron chi connectivity index (χ2n) is 14.2. The lowest BCUT2D eigenvalue weighted by Gasteiger charge is -2.42. The van der Waals surface area contributed by atoms with Crippen LogP contribution in [0.15, 0.2) is 12.2 Å². The van der Waals surface area contributed by atoms with E-state index in [4.69, 9.17) is 9.47 Å². The monoisotopic (exact) mass is 590 g/mol. The van der Waals surface area contributed by atoms with Gasteiger partial charge < -0.3 is 30.3 Å². The number of carbonyl (C=O) groups is 4. The zero-order valence-electron chi connectivity index (χ0n) is 26.8. The van der Waals surface area contributed by atoms with Crippen LogP contribution < -0.4 is 16.0 Å². The van der Waals surface area contributed by atoms with Gasteiger partial charge in [-0.3, -0.25) is 14.4 Å². The Morgan fingerprint density at radius 3 is 2.40 bits per heavy atom. The molecule has 4 amide bonds. The van der Waals surface area contributed by atoms with E-state index < -0.39 is 29.2 Å². The minimum Gasteiger partial charge on any atom is -0.444 e. The third-order valence-electron chi connectivity index (χ3n) is 8.45. The quantitative estimate of drug-likeness (QED) is 0.403. The Balaban J connectivity index is 1.77. The molecule has 3 aliphatic heterocycles. The molecular weight excluding hydrogens is 536 g/mol. The molecule has 42 heavy (non-hydrogen) atoms. The Hall–Kier alpha value is -2.62. The van der Waals surface area contributed by atoms with E-state index >= 15 is 0 Å². The van der Waals surface area contributed by atoms with Gasteiger partial charge in [-0.05, 0) is 77.6 Å². The number of hydrogen-bond donors (Lipinski definition) is 3. The van der Waals surface area contributed by atoms with Crippen molar-refractivity contribution >= 4 is 23.8 Å². The van der Waals surface area contributed by atoms with Gasteiger partial charge in [-0.1, -0.05) is 39.8 Å². The minimum absolute atomic E-state index is 0.0261. The molecule has 0 aromatic heterocycles. The highest BCUT2D eigenvalue weighted by atomic mass is 16.6. The maximum atomic E-state index is 13.9. The summed E-state index contributed by atoms with van der Waals surface area (Å²) in [6.07, 6.45) is 7.66. The van der Waals surface area contributed by atoms with Gasteiger partial charge in [-0.25, -0.2) is 4.79 Å². The molecule has 0 unspecified atom stereocenters. The maximum absolute atomic E-state index is 13.9. The van der Waals surface area contributed by atoms with Crippen molar-refractivity contribution < 1.29 is 28.7 Å². The van der Waals surface area contributed by atoms with Crippen molar-refractivity contribution in [3.8, 4) is 0 Å². The number of amides is 4. The zero-order chi connectivity index (χ0) is 31.1. The number of rotatable bonds is 6. The number of nitrogens with one attached hydrogen (secondary N) is 3. The third-order valence-corrected chi connectivity index (χ3v) is 8.45. The maximum Gasteiger partial charge on any atom is 0.408 e. The average molecular weight is 591 g/mol. The lowest BCUT2D eigenvalue weighted by atomic mass is 9.74. The first kappa shape index (κ1) is 33.9. The van der Waals surface area contributed by atoms with Gasteiger partial charge in [-0.15, -0.1) is 0 Å². The van der Waals surface area contributed by atoms with Gasteiger partial charge in [-0.2, -0.15) is 0 Å². The van der Waals surface area contributed by atoms with Crippen LogP contribution in [0.2, 0.25) is 0 Å². The number of fused-ring (bicyclic) bond motifs is 1. The van der Waals surface area contributed by atoms with E-state index in [2.05, 4.69) is 28.1 Å². The summed E-state index contributed by atoms with van der Waals surface area (Å²) in [5.74, 6) is 0.185. The number of alkyl carbamates (subject to hydrolysis) is 1. The van der Waals surface area contributed by atoms with E-state index in [1.165, 1.54) is 0 Å². The van der Waals surface area contributed by atoms with Crippen LogP contribution in [0.1, 0.15) is 93.4 Å². The topological polar surface area (TPSA) is 126 Å². The Bertz CT molecular complexity index is 980. The van der Waals surface area contributed by atoms with Crippen molar-refractivity contribution in [2.24, 2.45) is 23.2 Å². The summed E-state index contributed by atoms with van der Waals surface area (Å²) in [7, 11) is 0. The molecule has 10 heteroatoms. The van der Waals surface area contributed by atoms with Gasteiger partial charge in [0.2, 0.25) is 17.7 Å². The molecule has 0 saturated carbocycles. The summed E-state index contributed by atoms with van der Waals surface area (Å²) in [4.78, 5) is 55.3. The number of allylic oxidation sites excluding steroid dienone is 2. The van der Waals surface area contributed by atoms with Gasteiger partial charge in [0.15, 0.2) is 0 Å². The summed E-state index contributed by atoms with van der Waals surface area (Å²) >= 11 is 0. The van der Waals surface area contributed by atoms with Crippen molar-refractivity contribution in [2.75, 3.05) is 26.3 Å². The van der Waals surface area contributed by atoms with Crippen LogP contribution in [0.3, 0.4) is 0 Å². The smallest absolute Gasteiger partial charge is 0.408 e. The number of likely N-dealkylation sites (tertiary alicyclic amines) is 1. The van der Waals surface area contributed by atoms with Crippen LogP contribution in [-0.4, -0.2) is 78.7 Å². The van der Waals surface area contributed by atoms with E-state index in [1.807, 2.05) is 27.7 Å². The molecule has 0 aromatic rings. The molecule has 0 aromatic carbocycles. The summed E-state index contributed by atoms with van der Waals surface area (Å²) in [6, 6.07) is -1.30. The fourth-order valence-electron chi connectivity index (χ4n) is 6.14. The van der Waals surface area contributed by atoms with Crippen molar-refractivity contribution in [3.63, 3.8) is 0 Å². The molecule has 3 heterocycles. The van der Waals surface area contributed by atoms with Gasteiger partial charge >= 0.3 is 6.09 Å². The van der Waals surface area contributed by atoms with Crippen molar-refractivity contribution in [1.29, 1.82) is 0 Å². The molecule has 2 fully saturated rings. The fraction of sp³-hybridized carbons (Fsp3) is 0.812. The van der Waals surface area contributed by atoms with Crippen LogP contribution in [0, 0.1) is 23.2 Å². The predicted octanol–water partition coefficient (Wildman–Crippen LogP) is 3.94. The Labute approximate surface area is 252 Å². The Morgan fingerprint density at radius 2 is 1.79 bits per heavy atom. The second kappa shape index (κ2) is 14.7. The van der Waals surface area contributed by atoms with Crippen LogP contribution in [0.4, 0.5) is 4.79 Å². The highest BCUT2D eigenvalue weighted by molar-refractivity contribution is 5.91. The summed E-state index contributed by atoms with van der Waals surface area (Å²) in [5, 5.41) is 9.12. The number of nitrogens with zero attached hydrogens (tertiary/aromatic N) is 1. The fourth-order valence-corrected chi connectivity index (χ4v) is 6.14. The van der Waals surface area contributed by atoms with Gasteiger partial charge in [0.1, 0.15) is 17.7 Å². The number of carbonyl (C=O) groups excluding carboxylic acids is 4. The van der Waals surface area contributed by atoms with Crippen LogP contribution in [0.5, 0.6) is 0 Å². The largest absolute Gasteiger partial charge is 0.444 e. The summed E-state index contributed by atoms with van der Waals surface area (Å²) in [5.41, 5.74) is -1.40. The Morgan fingerprint density at radius 1 is 1.10 bits per heavy atom. The van der Waals surface area contributed by atoms with Gasteiger partial charge in [0, 0.05) is 31.7 Å². The van der Waals surface area contributed by atoms with Crippen LogP contribution >= 0.6 is 0 Å². The first-order valence-corrected chi connectivity index (χ1v) is 15.8. The number of piperidine rings is 1. The zero-order valence-corrected chi connectivity index (χ0v) is 26.8. The molecule has 10 nitrogen and oxygen atoms in total. The molecule has 238 valence electrons. The lowest BCUT2D eigenvalue weighted by Crippen LogP contribution is -2.58. The molecule has 3 aliphatic rings. The van der Waals surface area contributed by atoms with E-state index in [0.29, 0.717) is 58.4 Å². The third kappa shape index (κ3) is 9.71. The first-order chi connectivity index (χ1) is 19.7. The van der Waals surface area contributed by atoms with E-state index in [1.54, 1.807) is 25.7 Å². The SMILES string of the molecule is CC(C)C[C@@H]1NC(=O)C2(C/C=C/C[C@H]3COCC[C@H]3NC1=O)CCN(C(=O)[C@H](CC(C)C)NC(=O)OC(C)(C)C)CC2. The molecule has 2 saturated heterocycles. The van der Waals surface area contributed by atoms with Gasteiger partial charge in [0.05, 0.1) is 12.0 Å². The molecule has 1 spiro atoms. The first-order valence-electron chi connectivity index (χ1n) is 15.8. The molecule has 0 aliphatic carbocycles. The van der Waals surface area contributed by atoms with Crippen molar-refractivity contribution in [2.45, 2.75) is 117 Å². The average Bonchev–Trinajstić information content (AvgIpc) is 2.89. The van der Waals surface area contributed by atoms with E-state index in [-0.39, 0.29) is 41.5 Å². The highest BCUT2D eigenvalue weighted by Crippen LogP contribution is 2.37. The minimum atomic E-state index is -0.726. The Kier molecular flexibility index (Phi) is 11.9. The molecule has 3 rings (SSSR count). The van der Waals surface area contributed by atoms with E-state index in [9.17, 15) is 19.2 Å².